The van der Waals surface area contributed by atoms with E-state index < -0.39 is 0 Å². The summed E-state index contributed by atoms with van der Waals surface area (Å²) in [5, 5.41) is 18.8. The van der Waals surface area contributed by atoms with Gasteiger partial charge in [0.2, 0.25) is 0 Å². The van der Waals surface area contributed by atoms with Crippen LogP contribution in [0.25, 0.3) is 0 Å². The maximum atomic E-state index is 10.7. The van der Waals surface area contributed by atoms with E-state index in [9.17, 15) is 28.8 Å². The van der Waals surface area contributed by atoms with Gasteiger partial charge in [-0.25, -0.2) is 0 Å². The Hall–Kier alpha value is -2.22. The second kappa shape index (κ2) is 25.7. The summed E-state index contributed by atoms with van der Waals surface area (Å²) in [4.78, 5) is 64.1. The molecule has 0 aromatic rings. The van der Waals surface area contributed by atoms with Gasteiger partial charge in [-0.05, 0) is 156 Å². The summed E-state index contributed by atoms with van der Waals surface area (Å²) in [6, 6.07) is 0.963. The van der Waals surface area contributed by atoms with E-state index in [-0.39, 0.29) is 71.0 Å². The third kappa shape index (κ3) is 20.3. The molecule has 12 nitrogen and oxygen atoms in total. The van der Waals surface area contributed by atoms with Crippen LogP contribution in [0.4, 0.5) is 0 Å². The van der Waals surface area contributed by atoms with Crippen molar-refractivity contribution in [3.63, 3.8) is 0 Å². The van der Waals surface area contributed by atoms with Gasteiger partial charge >= 0.3 is 0 Å². The topological polar surface area (TPSA) is 175 Å². The van der Waals surface area contributed by atoms with Crippen LogP contribution in [0, 0.1) is 23.7 Å². The Morgan fingerprint density at radius 2 is 0.558 bits per heavy atom. The number of hydrogen-bond donors (Lipinski definition) is 6. The van der Waals surface area contributed by atoms with Crippen LogP contribution >= 0.6 is 0 Å². The molecule has 6 rings (SSSR count). The Kier molecular flexibility index (Phi) is 23.7. The quantitative estimate of drug-likeness (QED) is 0.236. The molecule has 0 saturated carbocycles. The van der Waals surface area contributed by atoms with Crippen molar-refractivity contribution in [2.75, 3.05) is 39.3 Å². The summed E-state index contributed by atoms with van der Waals surface area (Å²) in [5.74, 6) is 4.39. The van der Waals surface area contributed by atoms with Crippen LogP contribution in [0.15, 0.2) is 0 Å². The highest BCUT2D eigenvalue weighted by Gasteiger charge is 2.26. The van der Waals surface area contributed by atoms with Crippen LogP contribution < -0.4 is 31.9 Å². The first-order chi connectivity index (χ1) is 24.4. The number of rotatable bonds is 6. The van der Waals surface area contributed by atoms with E-state index in [1.54, 1.807) is 41.5 Å². The number of nitrogens with one attached hydrogen (secondary N) is 6. The van der Waals surface area contributed by atoms with Gasteiger partial charge in [0.05, 0.1) is 36.3 Å². The van der Waals surface area contributed by atoms with E-state index in [0.717, 1.165) is 90.6 Å². The summed E-state index contributed by atoms with van der Waals surface area (Å²) in [5.41, 5.74) is 0. The number of hydrogen-bond acceptors (Lipinski definition) is 12. The zero-order valence-corrected chi connectivity index (χ0v) is 34.1. The Morgan fingerprint density at radius 3 is 0.635 bits per heavy atom. The normalized spacial score (nSPS) is 32.9. The Balaban J connectivity index is 0.000000312. The molecule has 300 valence electrons. The van der Waals surface area contributed by atoms with Crippen LogP contribution in [-0.2, 0) is 28.8 Å². The zero-order chi connectivity index (χ0) is 39.4. The molecule has 6 heterocycles. The summed E-state index contributed by atoms with van der Waals surface area (Å²) in [7, 11) is 0. The third-order valence-electron chi connectivity index (χ3n) is 10.5. The maximum absolute atomic E-state index is 10.7. The number of ketones is 6. The molecule has 6 saturated heterocycles. The average molecular weight is 735 g/mol. The van der Waals surface area contributed by atoms with Crippen molar-refractivity contribution in [2.45, 2.75) is 157 Å². The fraction of sp³-hybridized carbons (Fsp3) is 0.850. The Labute approximate surface area is 314 Å². The number of Topliss-reactive ketones (excluding diaryl/α,β-unsaturated/α-hetero) is 6. The first-order valence-electron chi connectivity index (χ1n) is 19.8. The molecule has 6 N–H and O–H groups in total. The molecule has 0 spiro atoms. The summed E-state index contributed by atoms with van der Waals surface area (Å²) < 4.78 is 0. The molecule has 0 amide bonds. The summed E-state index contributed by atoms with van der Waals surface area (Å²) >= 11 is 0. The SMILES string of the molecule is CC(=O)C1C[C@@H](C)CN1.CC(=O)C1C[C@H](C)CN1.CC(=O)[C@@H]1CCCN1.CC(=O)[C@@H]1C[C@H](C)CN1.CC(=O)[C@H]1CCCN1.CC(=O)[C@H]1C[C@@H](C)CN1. The van der Waals surface area contributed by atoms with Crippen LogP contribution in [-0.4, -0.2) is 110 Å². The van der Waals surface area contributed by atoms with E-state index in [0.29, 0.717) is 23.7 Å². The van der Waals surface area contributed by atoms with Gasteiger partial charge in [0, 0.05) is 0 Å². The van der Waals surface area contributed by atoms with Gasteiger partial charge < -0.3 is 31.9 Å². The van der Waals surface area contributed by atoms with Crippen LogP contribution in [0.1, 0.15) is 121 Å². The van der Waals surface area contributed by atoms with Crippen molar-refractivity contribution < 1.29 is 28.8 Å². The van der Waals surface area contributed by atoms with Crippen molar-refractivity contribution in [3.05, 3.63) is 0 Å². The molecule has 0 aromatic heterocycles. The van der Waals surface area contributed by atoms with Gasteiger partial charge in [0.25, 0.3) is 0 Å². The minimum atomic E-state index is 0.153. The van der Waals surface area contributed by atoms with E-state index >= 15 is 0 Å². The minimum absolute atomic E-state index is 0.153. The van der Waals surface area contributed by atoms with E-state index in [4.69, 9.17) is 0 Å². The lowest BCUT2D eigenvalue weighted by atomic mass is 10.1. The summed E-state index contributed by atoms with van der Waals surface area (Å²) in [6.07, 6.45) is 8.48. The van der Waals surface area contributed by atoms with Crippen LogP contribution in [0.2, 0.25) is 0 Å². The zero-order valence-electron chi connectivity index (χ0n) is 34.1. The molecule has 10 atom stereocenters. The van der Waals surface area contributed by atoms with Crippen molar-refractivity contribution in [1.82, 2.24) is 31.9 Å². The third-order valence-corrected chi connectivity index (χ3v) is 10.5. The van der Waals surface area contributed by atoms with Crippen molar-refractivity contribution in [3.8, 4) is 0 Å². The van der Waals surface area contributed by atoms with Gasteiger partial charge in [0.1, 0.15) is 34.7 Å². The molecule has 2 unspecified atom stereocenters. The standard InChI is InChI=1S/4C7H13NO.2C6H11NO/c4*1-5-3-7(6(2)9)8-4-5;2*1-5(8)6-3-2-4-7-6/h4*5,7-8H,3-4H2,1-2H3;2*6-7H,2-4H2,1H3/t2*5-,7?;2*5-,7-;2*6-/m101010/s1. The average Bonchev–Trinajstić information content (AvgIpc) is 3.92. The molecule has 0 bridgehead atoms. The monoisotopic (exact) mass is 735 g/mol. The lowest BCUT2D eigenvalue weighted by Gasteiger charge is -2.02. The molecule has 6 fully saturated rings. The first-order valence-corrected chi connectivity index (χ1v) is 19.8. The van der Waals surface area contributed by atoms with E-state index in [1.165, 1.54) is 0 Å². The molecule has 12 heteroatoms. The second-order valence-corrected chi connectivity index (χ2v) is 16.2. The molecule has 52 heavy (non-hydrogen) atoms. The van der Waals surface area contributed by atoms with Gasteiger partial charge in [-0.3, -0.25) is 28.8 Å². The second-order valence-electron chi connectivity index (χ2n) is 16.2. The molecule has 0 aromatic carbocycles. The van der Waals surface area contributed by atoms with Crippen LogP contribution in [0.3, 0.4) is 0 Å². The molecule has 6 aliphatic heterocycles. The number of carbonyl (C=O) groups is 6. The molecular formula is C40H74N6O6. The summed E-state index contributed by atoms with van der Waals surface area (Å²) in [6.45, 7) is 24.6. The van der Waals surface area contributed by atoms with Gasteiger partial charge in [-0.2, -0.15) is 0 Å². The van der Waals surface area contributed by atoms with E-state index in [2.05, 4.69) is 59.6 Å². The van der Waals surface area contributed by atoms with Crippen molar-refractivity contribution >= 4 is 34.7 Å². The minimum Gasteiger partial charge on any atom is -0.307 e. The molecule has 0 radical (unpaired) electrons. The Morgan fingerprint density at radius 1 is 0.346 bits per heavy atom. The smallest absolute Gasteiger partial charge is 0.146 e. The fourth-order valence-corrected chi connectivity index (χ4v) is 6.95. The predicted molar refractivity (Wildman–Crippen MR) is 208 cm³/mol. The lowest BCUT2D eigenvalue weighted by Crippen LogP contribution is -2.28. The first kappa shape index (κ1) is 47.8. The highest BCUT2D eigenvalue weighted by atomic mass is 16.1. The maximum Gasteiger partial charge on any atom is 0.146 e. The predicted octanol–water partition coefficient (Wildman–Crippen LogP) is 2.95. The largest absolute Gasteiger partial charge is 0.307 e. The number of carbonyl (C=O) groups excluding carboxylic acids is 6. The highest BCUT2D eigenvalue weighted by molar-refractivity contribution is 5.83. The highest BCUT2D eigenvalue weighted by Crippen LogP contribution is 2.15. The van der Waals surface area contributed by atoms with Gasteiger partial charge in [-0.15, -0.1) is 0 Å². The van der Waals surface area contributed by atoms with Crippen molar-refractivity contribution in [2.24, 2.45) is 23.7 Å². The molecule has 6 aliphatic rings. The molecular weight excluding hydrogens is 660 g/mol. The van der Waals surface area contributed by atoms with Gasteiger partial charge in [-0.1, -0.05) is 27.7 Å². The van der Waals surface area contributed by atoms with Crippen molar-refractivity contribution in [1.29, 1.82) is 0 Å². The van der Waals surface area contributed by atoms with Crippen LogP contribution in [0.5, 0.6) is 0 Å². The molecule has 0 aliphatic carbocycles. The fourth-order valence-electron chi connectivity index (χ4n) is 6.95. The lowest BCUT2D eigenvalue weighted by molar-refractivity contribution is -0.119. The van der Waals surface area contributed by atoms with E-state index in [1.807, 2.05) is 0 Å². The van der Waals surface area contributed by atoms with Gasteiger partial charge in [0.15, 0.2) is 0 Å². The Bertz CT molecular complexity index is 976.